The van der Waals surface area contributed by atoms with E-state index >= 15 is 4.39 Å². The quantitative estimate of drug-likeness (QED) is 0.210. The predicted molar refractivity (Wildman–Crippen MR) is 196 cm³/mol. The minimum absolute atomic E-state index is 0.00377. The normalized spacial score (nSPS) is 26.0. The number of ether oxygens (including phenoxy) is 2. The first-order chi connectivity index (χ1) is 24.5. The van der Waals surface area contributed by atoms with E-state index in [1.807, 2.05) is 35.7 Å². The van der Waals surface area contributed by atoms with Crippen LogP contribution in [0.4, 0.5) is 14.9 Å². The SMILES string of the molecule is C#CC1CN(C(=O)OC2CCC(C(=O)N(CC34CCC(c5ccc(OC)c(C)c5)(CC3)CC4)c3ccc(F)c(-c4cnn(C(C)C)c4)c3)CC2)C1. The molecule has 1 aromatic heterocycles. The lowest BCUT2D eigenvalue weighted by atomic mass is 9.51. The maximum Gasteiger partial charge on any atom is 0.410 e. The van der Waals surface area contributed by atoms with Gasteiger partial charge in [0.2, 0.25) is 5.91 Å². The standard InChI is InChI=1S/C42H51FN4O4/c1-6-30-24-45(25-30)40(49)51-35-11-7-31(8-12-35)39(48)46(34-10-13-37(43)36(22-34)32-23-44-47(26-32)28(2)3)27-41-15-18-42(19-16-41,20-17-41)33-9-14-38(50-5)29(4)21-33/h1,9-10,13-14,21-23,26,28,30-31,35H,7-8,11-12,15-20,24-25,27H2,2-5H3. The monoisotopic (exact) mass is 694 g/mol. The number of benzene rings is 2. The average molecular weight is 695 g/mol. The molecule has 1 saturated heterocycles. The number of carbonyl (C=O) groups is 2. The van der Waals surface area contributed by atoms with Crippen molar-refractivity contribution in [3.63, 3.8) is 0 Å². The van der Waals surface area contributed by atoms with Crippen LogP contribution >= 0.6 is 0 Å². The summed E-state index contributed by atoms with van der Waals surface area (Å²) < 4.78 is 28.6. The van der Waals surface area contributed by atoms with Gasteiger partial charge >= 0.3 is 6.09 Å². The summed E-state index contributed by atoms with van der Waals surface area (Å²) in [6.45, 7) is 7.88. The molecular weight excluding hydrogens is 643 g/mol. The summed E-state index contributed by atoms with van der Waals surface area (Å²) in [5, 5.41) is 4.46. The number of hydrogen-bond acceptors (Lipinski definition) is 5. The lowest BCUT2D eigenvalue weighted by Gasteiger charge is -2.55. The van der Waals surface area contributed by atoms with Crippen molar-refractivity contribution in [1.29, 1.82) is 0 Å². The van der Waals surface area contributed by atoms with Crippen molar-refractivity contribution in [3.8, 4) is 29.2 Å². The number of nitrogens with zero attached hydrogens (tertiary/aromatic N) is 4. The molecule has 2 amide bonds. The molecule has 1 aliphatic heterocycles. The summed E-state index contributed by atoms with van der Waals surface area (Å²) >= 11 is 0. The Morgan fingerprint density at radius 3 is 2.35 bits per heavy atom. The van der Waals surface area contributed by atoms with Gasteiger partial charge in [0.25, 0.3) is 0 Å². The van der Waals surface area contributed by atoms with Crippen molar-refractivity contribution in [2.45, 2.75) is 103 Å². The van der Waals surface area contributed by atoms with Crippen LogP contribution in [0.2, 0.25) is 0 Å². The minimum atomic E-state index is -0.333. The van der Waals surface area contributed by atoms with Crippen LogP contribution in [0.15, 0.2) is 48.8 Å². The number of hydrogen-bond donors (Lipinski definition) is 0. The van der Waals surface area contributed by atoms with Gasteiger partial charge in [-0.1, -0.05) is 18.1 Å². The number of carbonyl (C=O) groups excluding carboxylic acids is 2. The molecule has 0 unspecified atom stereocenters. The van der Waals surface area contributed by atoms with Crippen molar-refractivity contribution in [3.05, 3.63) is 65.7 Å². The Morgan fingerprint density at radius 2 is 1.75 bits per heavy atom. The van der Waals surface area contributed by atoms with Gasteiger partial charge in [0.1, 0.15) is 17.7 Å². The second-order valence-electron chi connectivity index (χ2n) is 16.0. The first-order valence-electron chi connectivity index (χ1n) is 18.7. The summed E-state index contributed by atoms with van der Waals surface area (Å²) in [6, 6.07) is 11.9. The fraction of sp³-hybridized carbons (Fsp3) is 0.548. The van der Waals surface area contributed by atoms with E-state index in [0.29, 0.717) is 56.4 Å². The Hall–Kier alpha value is -4.32. The summed E-state index contributed by atoms with van der Waals surface area (Å²) in [6.07, 6.45) is 17.5. The topological polar surface area (TPSA) is 76.9 Å². The molecule has 8 rings (SSSR count). The molecule has 5 aliphatic rings. The van der Waals surface area contributed by atoms with E-state index in [-0.39, 0.29) is 52.6 Å². The minimum Gasteiger partial charge on any atom is -0.496 e. The summed E-state index contributed by atoms with van der Waals surface area (Å²) in [5.41, 5.74) is 4.58. The van der Waals surface area contributed by atoms with Gasteiger partial charge in [-0.25, -0.2) is 9.18 Å². The molecule has 4 aliphatic carbocycles. The van der Waals surface area contributed by atoms with Gasteiger partial charge < -0.3 is 19.3 Å². The Bertz CT molecular complexity index is 1790. The lowest BCUT2D eigenvalue weighted by molar-refractivity contribution is -0.124. The smallest absolute Gasteiger partial charge is 0.410 e. The summed E-state index contributed by atoms with van der Waals surface area (Å²) in [7, 11) is 1.72. The van der Waals surface area contributed by atoms with Crippen molar-refractivity contribution >= 4 is 17.7 Å². The highest BCUT2D eigenvalue weighted by atomic mass is 19.1. The number of amides is 2. The van der Waals surface area contributed by atoms with Gasteiger partial charge in [-0.2, -0.15) is 5.10 Å². The number of methoxy groups -OCH3 is 1. The third kappa shape index (κ3) is 6.86. The fourth-order valence-electron chi connectivity index (χ4n) is 9.03. The number of anilines is 1. The highest BCUT2D eigenvalue weighted by Crippen LogP contribution is 2.58. The van der Waals surface area contributed by atoms with Crippen molar-refractivity contribution in [2.75, 3.05) is 31.6 Å². The Morgan fingerprint density at radius 1 is 1.04 bits per heavy atom. The molecule has 0 radical (unpaired) electrons. The number of likely N-dealkylation sites (tertiary alicyclic amines) is 1. The van der Waals surface area contributed by atoms with Crippen LogP contribution in [0.3, 0.4) is 0 Å². The van der Waals surface area contributed by atoms with E-state index in [9.17, 15) is 9.59 Å². The zero-order valence-corrected chi connectivity index (χ0v) is 30.5. The lowest BCUT2D eigenvalue weighted by Crippen LogP contribution is -2.52. The van der Waals surface area contributed by atoms with E-state index < -0.39 is 0 Å². The van der Waals surface area contributed by atoms with E-state index in [1.54, 1.807) is 24.3 Å². The van der Waals surface area contributed by atoms with Gasteiger partial charge in [0.15, 0.2) is 0 Å². The second-order valence-corrected chi connectivity index (χ2v) is 16.0. The number of halogens is 1. The van der Waals surface area contributed by atoms with Crippen LogP contribution in [-0.4, -0.2) is 59.5 Å². The van der Waals surface area contributed by atoms with Crippen molar-refractivity contribution in [1.82, 2.24) is 14.7 Å². The Kier molecular flexibility index (Phi) is 9.64. The molecule has 8 nitrogen and oxygen atoms in total. The van der Waals surface area contributed by atoms with Crippen LogP contribution in [0.1, 0.15) is 95.2 Å². The first-order valence-corrected chi connectivity index (χ1v) is 18.7. The molecule has 4 saturated carbocycles. The zero-order chi connectivity index (χ0) is 35.9. The summed E-state index contributed by atoms with van der Waals surface area (Å²) in [4.78, 5) is 31.0. The maximum absolute atomic E-state index is 15.4. The average Bonchev–Trinajstić information content (AvgIpc) is 3.62. The van der Waals surface area contributed by atoms with Crippen LogP contribution in [0, 0.1) is 42.3 Å². The molecule has 270 valence electrons. The summed E-state index contributed by atoms with van der Waals surface area (Å²) in [5.74, 6) is 3.26. The number of aryl methyl sites for hydroxylation is 1. The second kappa shape index (κ2) is 14.0. The van der Waals surface area contributed by atoms with E-state index in [4.69, 9.17) is 15.9 Å². The highest BCUT2D eigenvalue weighted by Gasteiger charge is 2.51. The third-order valence-corrected chi connectivity index (χ3v) is 12.5. The highest BCUT2D eigenvalue weighted by molar-refractivity contribution is 5.96. The Balaban J connectivity index is 1.11. The van der Waals surface area contributed by atoms with Gasteiger partial charge in [-0.15, -0.1) is 6.42 Å². The molecule has 0 atom stereocenters. The molecule has 0 N–H and O–H groups in total. The molecule has 9 heteroatoms. The van der Waals surface area contributed by atoms with Crippen LogP contribution in [0.5, 0.6) is 5.75 Å². The molecule has 3 aromatic rings. The molecule has 0 spiro atoms. The zero-order valence-electron chi connectivity index (χ0n) is 30.5. The van der Waals surface area contributed by atoms with Gasteiger partial charge in [-0.3, -0.25) is 9.48 Å². The first kappa shape index (κ1) is 35.1. The largest absolute Gasteiger partial charge is 0.496 e. The van der Waals surface area contributed by atoms with E-state index in [1.165, 1.54) is 11.6 Å². The van der Waals surface area contributed by atoms with E-state index in [2.05, 4.69) is 36.1 Å². The molecule has 2 aromatic carbocycles. The molecule has 2 heterocycles. The molecular formula is C42H51FN4O4. The fourth-order valence-corrected chi connectivity index (χ4v) is 9.03. The molecule has 2 bridgehead atoms. The molecule has 51 heavy (non-hydrogen) atoms. The van der Waals surface area contributed by atoms with E-state index in [0.717, 1.165) is 55.5 Å². The number of rotatable bonds is 9. The third-order valence-electron chi connectivity index (χ3n) is 12.5. The maximum atomic E-state index is 15.4. The predicted octanol–water partition coefficient (Wildman–Crippen LogP) is 8.47. The van der Waals surface area contributed by atoms with Crippen LogP contribution in [-0.2, 0) is 14.9 Å². The van der Waals surface area contributed by atoms with Gasteiger partial charge in [0, 0.05) is 54.6 Å². The van der Waals surface area contributed by atoms with Crippen molar-refractivity contribution < 1.29 is 23.5 Å². The number of terminal acetylenes is 1. The van der Waals surface area contributed by atoms with Gasteiger partial charge in [0.05, 0.1) is 19.2 Å². The Labute approximate surface area is 301 Å². The van der Waals surface area contributed by atoms with Crippen LogP contribution < -0.4 is 9.64 Å². The van der Waals surface area contributed by atoms with Gasteiger partial charge in [-0.05, 0) is 131 Å². The molecule has 5 fully saturated rings. The van der Waals surface area contributed by atoms with Crippen molar-refractivity contribution in [2.24, 2.45) is 17.3 Å². The number of fused-ring (bicyclic) bond motifs is 3. The van der Waals surface area contributed by atoms with Crippen LogP contribution in [0.25, 0.3) is 11.1 Å². The number of aromatic nitrogens is 2.